The van der Waals surface area contributed by atoms with Crippen molar-refractivity contribution in [3.63, 3.8) is 0 Å². The van der Waals surface area contributed by atoms with Crippen molar-refractivity contribution in [2.45, 2.75) is 13.0 Å². The van der Waals surface area contributed by atoms with Crippen LogP contribution in [0.3, 0.4) is 0 Å². The Hall–Kier alpha value is -3.36. The first-order valence-electron chi connectivity index (χ1n) is 7.13. The Morgan fingerprint density at radius 1 is 1.17 bits per heavy atom. The quantitative estimate of drug-likeness (QED) is 0.569. The van der Waals surface area contributed by atoms with Crippen molar-refractivity contribution >= 4 is 0 Å². The summed E-state index contributed by atoms with van der Waals surface area (Å²) < 4.78 is 23.7. The molecule has 0 aliphatic carbocycles. The van der Waals surface area contributed by atoms with Crippen LogP contribution in [-0.4, -0.2) is 30.3 Å². The molecule has 0 spiro atoms. The summed E-state index contributed by atoms with van der Waals surface area (Å²) in [4.78, 5) is 5.60. The van der Waals surface area contributed by atoms with E-state index in [-0.39, 0.29) is 5.82 Å². The molecule has 24 heavy (non-hydrogen) atoms. The first-order chi connectivity index (χ1) is 11.7. The monoisotopic (exact) mass is 326 g/mol. The molecule has 8 nitrogen and oxygen atoms in total. The lowest BCUT2D eigenvalue weighted by atomic mass is 10.2. The molecule has 0 amide bonds. The minimum atomic E-state index is -0.434. The van der Waals surface area contributed by atoms with Gasteiger partial charge in [-0.1, -0.05) is 17.3 Å². The average molecular weight is 326 g/mol. The van der Waals surface area contributed by atoms with E-state index in [1.807, 2.05) is 0 Å². The number of nitrogens with zero attached hydrogens (tertiary/aromatic N) is 6. The highest BCUT2D eigenvalue weighted by atomic mass is 19.1. The number of halogens is 1. The highest BCUT2D eigenvalue weighted by Crippen LogP contribution is 2.21. The van der Waals surface area contributed by atoms with Gasteiger partial charge in [0.1, 0.15) is 11.9 Å². The van der Waals surface area contributed by atoms with Gasteiger partial charge in [-0.15, -0.1) is 10.2 Å². The SMILES string of the molecule is C[C@@H](c1nc(-c2ccco2)no1)n1nnc(-c2cccc(F)c2)n1. The molecule has 0 saturated carbocycles. The third-order valence-electron chi connectivity index (χ3n) is 3.40. The van der Waals surface area contributed by atoms with Crippen molar-refractivity contribution in [1.82, 2.24) is 30.3 Å². The van der Waals surface area contributed by atoms with Crippen LogP contribution in [-0.2, 0) is 0 Å². The summed E-state index contributed by atoms with van der Waals surface area (Å²) >= 11 is 0. The summed E-state index contributed by atoms with van der Waals surface area (Å²) in [6, 6.07) is 9.02. The van der Waals surface area contributed by atoms with Gasteiger partial charge in [0.05, 0.1) is 6.26 Å². The molecule has 0 aliphatic rings. The zero-order valence-electron chi connectivity index (χ0n) is 12.5. The van der Waals surface area contributed by atoms with Gasteiger partial charge in [-0.25, -0.2) is 4.39 Å². The molecule has 0 N–H and O–H groups in total. The van der Waals surface area contributed by atoms with Gasteiger partial charge in [0.25, 0.3) is 5.89 Å². The number of benzene rings is 1. The highest BCUT2D eigenvalue weighted by molar-refractivity contribution is 5.53. The Kier molecular flexibility index (Phi) is 3.38. The molecule has 1 aromatic carbocycles. The molecule has 4 rings (SSSR count). The van der Waals surface area contributed by atoms with Gasteiger partial charge in [-0.3, -0.25) is 0 Å². The summed E-state index contributed by atoms with van der Waals surface area (Å²) in [5.74, 6) is 1.10. The molecule has 0 fully saturated rings. The van der Waals surface area contributed by atoms with Crippen LogP contribution in [0.5, 0.6) is 0 Å². The number of furan rings is 1. The third kappa shape index (κ3) is 2.56. The summed E-state index contributed by atoms with van der Waals surface area (Å²) in [5.41, 5.74) is 0.537. The van der Waals surface area contributed by atoms with Crippen LogP contribution >= 0.6 is 0 Å². The number of hydrogen-bond donors (Lipinski definition) is 0. The van der Waals surface area contributed by atoms with E-state index in [9.17, 15) is 4.39 Å². The maximum Gasteiger partial charge on any atom is 0.253 e. The van der Waals surface area contributed by atoms with Gasteiger partial charge in [0, 0.05) is 5.56 Å². The average Bonchev–Trinajstić information content (AvgIpc) is 3.33. The number of tetrazole rings is 1. The van der Waals surface area contributed by atoms with E-state index in [0.29, 0.717) is 28.9 Å². The van der Waals surface area contributed by atoms with E-state index < -0.39 is 6.04 Å². The first-order valence-corrected chi connectivity index (χ1v) is 7.13. The second-order valence-electron chi connectivity index (χ2n) is 5.05. The second-order valence-corrected chi connectivity index (χ2v) is 5.05. The topological polar surface area (TPSA) is 95.7 Å². The van der Waals surface area contributed by atoms with E-state index in [1.54, 1.807) is 31.2 Å². The van der Waals surface area contributed by atoms with E-state index >= 15 is 0 Å². The minimum Gasteiger partial charge on any atom is -0.461 e. The van der Waals surface area contributed by atoms with Crippen molar-refractivity contribution in [2.75, 3.05) is 0 Å². The van der Waals surface area contributed by atoms with Crippen molar-refractivity contribution in [3.8, 4) is 23.0 Å². The van der Waals surface area contributed by atoms with Crippen molar-refractivity contribution < 1.29 is 13.3 Å². The fraction of sp³-hybridized carbons (Fsp3) is 0.133. The Balaban J connectivity index is 1.60. The van der Waals surface area contributed by atoms with Gasteiger partial charge < -0.3 is 8.94 Å². The predicted molar refractivity (Wildman–Crippen MR) is 79.0 cm³/mol. The molecule has 0 radical (unpaired) electrons. The maximum absolute atomic E-state index is 13.3. The summed E-state index contributed by atoms with van der Waals surface area (Å²) in [6.45, 7) is 1.79. The summed E-state index contributed by atoms with van der Waals surface area (Å²) in [5, 5.41) is 16.0. The van der Waals surface area contributed by atoms with E-state index in [2.05, 4.69) is 25.6 Å². The van der Waals surface area contributed by atoms with Gasteiger partial charge in [-0.05, 0) is 36.4 Å². The molecule has 0 aliphatic heterocycles. The molecule has 1 atom stereocenters. The molecule has 0 unspecified atom stereocenters. The van der Waals surface area contributed by atoms with Crippen LogP contribution in [0.25, 0.3) is 23.0 Å². The number of hydrogen-bond acceptors (Lipinski definition) is 7. The standard InChI is InChI=1S/C15H11FN6O2/c1-9(15-17-14(20-24-15)12-6-3-7-23-12)22-19-13(18-21-22)10-4-2-5-11(16)8-10/h2-9H,1H3/t9-/m0/s1. The van der Waals surface area contributed by atoms with Crippen molar-refractivity contribution in [1.29, 1.82) is 0 Å². The van der Waals surface area contributed by atoms with Gasteiger partial charge in [-0.2, -0.15) is 9.78 Å². The lowest BCUT2D eigenvalue weighted by Gasteiger charge is -2.02. The zero-order valence-corrected chi connectivity index (χ0v) is 12.5. The van der Waals surface area contributed by atoms with Crippen LogP contribution in [0, 0.1) is 5.82 Å². The van der Waals surface area contributed by atoms with E-state index in [4.69, 9.17) is 8.94 Å². The number of aromatic nitrogens is 6. The van der Waals surface area contributed by atoms with E-state index in [1.165, 1.54) is 23.2 Å². The molecule has 0 saturated heterocycles. The Labute approximate surface area is 134 Å². The van der Waals surface area contributed by atoms with Crippen LogP contribution in [0.2, 0.25) is 0 Å². The molecular weight excluding hydrogens is 315 g/mol. The first kappa shape index (κ1) is 14.2. The fourth-order valence-electron chi connectivity index (χ4n) is 2.14. The number of rotatable bonds is 4. The lowest BCUT2D eigenvalue weighted by Crippen LogP contribution is -2.11. The largest absolute Gasteiger partial charge is 0.461 e. The summed E-state index contributed by atoms with van der Waals surface area (Å²) in [6.07, 6.45) is 1.53. The molecular formula is C15H11FN6O2. The van der Waals surface area contributed by atoms with E-state index in [0.717, 1.165) is 0 Å². The van der Waals surface area contributed by atoms with Crippen LogP contribution in [0.15, 0.2) is 51.6 Å². The summed E-state index contributed by atoms with van der Waals surface area (Å²) in [7, 11) is 0. The smallest absolute Gasteiger partial charge is 0.253 e. The van der Waals surface area contributed by atoms with Crippen molar-refractivity contribution in [3.05, 3.63) is 54.4 Å². The van der Waals surface area contributed by atoms with Crippen molar-refractivity contribution in [2.24, 2.45) is 0 Å². The maximum atomic E-state index is 13.3. The molecule has 3 heterocycles. The Bertz CT molecular complexity index is 962. The fourth-order valence-corrected chi connectivity index (χ4v) is 2.14. The predicted octanol–water partition coefficient (Wildman–Crippen LogP) is 2.73. The van der Waals surface area contributed by atoms with Gasteiger partial charge >= 0.3 is 0 Å². The molecule has 120 valence electrons. The Morgan fingerprint density at radius 3 is 2.88 bits per heavy atom. The zero-order chi connectivity index (χ0) is 16.5. The van der Waals surface area contributed by atoms with Crippen LogP contribution < -0.4 is 0 Å². The Morgan fingerprint density at radius 2 is 2.08 bits per heavy atom. The highest BCUT2D eigenvalue weighted by Gasteiger charge is 2.21. The molecule has 4 aromatic rings. The van der Waals surface area contributed by atoms with Crippen LogP contribution in [0.4, 0.5) is 4.39 Å². The van der Waals surface area contributed by atoms with Gasteiger partial charge in [0.15, 0.2) is 5.76 Å². The lowest BCUT2D eigenvalue weighted by molar-refractivity contribution is 0.320. The molecule has 0 bridgehead atoms. The molecule has 3 aromatic heterocycles. The molecule has 9 heteroatoms. The minimum absolute atomic E-state index is 0.310. The normalized spacial score (nSPS) is 12.4. The van der Waals surface area contributed by atoms with Gasteiger partial charge in [0.2, 0.25) is 11.6 Å². The van der Waals surface area contributed by atoms with Crippen LogP contribution in [0.1, 0.15) is 18.9 Å². The third-order valence-corrected chi connectivity index (χ3v) is 3.40. The second kappa shape index (κ2) is 5.69.